The highest BCUT2D eigenvalue weighted by molar-refractivity contribution is 5.95. The molecule has 3 rings (SSSR count). The van der Waals surface area contributed by atoms with Crippen LogP contribution in [0.1, 0.15) is 29.3 Å². The van der Waals surface area contributed by atoms with E-state index in [4.69, 9.17) is 18.6 Å². The molecule has 1 aromatic heterocycles. The van der Waals surface area contributed by atoms with Gasteiger partial charge in [-0.1, -0.05) is 6.07 Å². The molecule has 0 aliphatic rings. The maximum Gasteiger partial charge on any atom is 0.346 e. The lowest BCUT2D eigenvalue weighted by Crippen LogP contribution is -2.12. The van der Waals surface area contributed by atoms with E-state index in [2.05, 4.69) is 10.2 Å². The molecule has 0 aliphatic carbocycles. The fourth-order valence-electron chi connectivity index (χ4n) is 2.56. The summed E-state index contributed by atoms with van der Waals surface area (Å²) in [7, 11) is 2.87. The molecule has 2 aromatic carbocycles. The molecule has 0 amide bonds. The Morgan fingerprint density at radius 3 is 2.24 bits per heavy atom. The van der Waals surface area contributed by atoms with Crippen molar-refractivity contribution in [1.29, 1.82) is 0 Å². The van der Waals surface area contributed by atoms with Crippen LogP contribution in [-0.2, 0) is 4.74 Å². The van der Waals surface area contributed by atoms with Crippen LogP contribution in [0.25, 0.3) is 11.5 Å². The maximum atomic E-state index is 12.6. The quantitative estimate of drug-likeness (QED) is 0.333. The van der Waals surface area contributed by atoms with Crippen LogP contribution in [0.4, 0.5) is 5.69 Å². The van der Waals surface area contributed by atoms with E-state index in [1.54, 1.807) is 25.1 Å². The second kappa shape index (κ2) is 8.38. The van der Waals surface area contributed by atoms with Gasteiger partial charge in [-0.2, -0.15) is 0 Å². The highest BCUT2D eigenvalue weighted by atomic mass is 16.6. The van der Waals surface area contributed by atoms with Crippen LogP contribution in [0.15, 0.2) is 46.9 Å². The van der Waals surface area contributed by atoms with Crippen molar-refractivity contribution < 1.29 is 28.3 Å². The van der Waals surface area contributed by atoms with Gasteiger partial charge in [0.15, 0.2) is 6.10 Å². The van der Waals surface area contributed by atoms with Gasteiger partial charge in [0.1, 0.15) is 17.1 Å². The van der Waals surface area contributed by atoms with Gasteiger partial charge in [0.25, 0.3) is 11.6 Å². The van der Waals surface area contributed by atoms with Crippen molar-refractivity contribution >= 4 is 11.7 Å². The molecule has 0 saturated carbocycles. The van der Waals surface area contributed by atoms with E-state index in [0.29, 0.717) is 17.1 Å². The Hall–Kier alpha value is -3.95. The molecular formula is C19H17N3O7. The van der Waals surface area contributed by atoms with Crippen LogP contribution in [0.5, 0.6) is 11.5 Å². The summed E-state index contributed by atoms with van der Waals surface area (Å²) in [5.74, 6) is 0.146. The zero-order chi connectivity index (χ0) is 21.0. The molecule has 1 atom stereocenters. The molecular weight excluding hydrogens is 382 g/mol. The molecule has 1 heterocycles. The number of nitro groups is 1. The Labute approximate surface area is 165 Å². The largest absolute Gasteiger partial charge is 0.496 e. The lowest BCUT2D eigenvalue weighted by Gasteiger charge is -2.14. The van der Waals surface area contributed by atoms with Gasteiger partial charge in [-0.15, -0.1) is 10.2 Å². The number of non-ortho nitro benzene ring substituents is 1. The summed E-state index contributed by atoms with van der Waals surface area (Å²) in [6.45, 7) is 1.58. The van der Waals surface area contributed by atoms with E-state index in [9.17, 15) is 14.9 Å². The average Bonchev–Trinajstić information content (AvgIpc) is 3.23. The Balaban J connectivity index is 1.78. The fourth-order valence-corrected chi connectivity index (χ4v) is 2.56. The molecule has 10 heteroatoms. The van der Waals surface area contributed by atoms with E-state index >= 15 is 0 Å². The van der Waals surface area contributed by atoms with Crippen molar-refractivity contribution in [3.8, 4) is 23.0 Å². The van der Waals surface area contributed by atoms with Gasteiger partial charge in [-0.05, 0) is 31.2 Å². The Kier molecular flexibility index (Phi) is 5.72. The molecule has 150 valence electrons. The third-order valence-corrected chi connectivity index (χ3v) is 4.03. The molecule has 10 nitrogen and oxygen atoms in total. The van der Waals surface area contributed by atoms with Crippen molar-refractivity contribution in [2.24, 2.45) is 0 Å². The standard InChI is InChI=1S/C19H17N3O7/c1-11(28-19(23)16-14(26-2)5-4-6-15(16)27-3)17-20-21-18(29-17)12-7-9-13(10-8-12)22(24)25/h4-11H,1-3H3. The van der Waals surface area contributed by atoms with Crippen molar-refractivity contribution in [2.75, 3.05) is 14.2 Å². The first-order chi connectivity index (χ1) is 13.9. The highest BCUT2D eigenvalue weighted by Gasteiger charge is 2.25. The minimum Gasteiger partial charge on any atom is -0.496 e. The molecule has 0 bridgehead atoms. The summed E-state index contributed by atoms with van der Waals surface area (Å²) in [4.78, 5) is 22.9. The number of rotatable bonds is 7. The molecule has 0 saturated heterocycles. The fraction of sp³-hybridized carbons (Fsp3) is 0.211. The smallest absolute Gasteiger partial charge is 0.346 e. The number of esters is 1. The van der Waals surface area contributed by atoms with Crippen molar-refractivity contribution in [2.45, 2.75) is 13.0 Å². The third kappa shape index (κ3) is 4.15. The van der Waals surface area contributed by atoms with Crippen LogP contribution in [0, 0.1) is 10.1 Å². The van der Waals surface area contributed by atoms with E-state index in [-0.39, 0.29) is 23.0 Å². The van der Waals surface area contributed by atoms with Crippen molar-refractivity contribution in [1.82, 2.24) is 10.2 Å². The van der Waals surface area contributed by atoms with Gasteiger partial charge >= 0.3 is 5.97 Å². The monoisotopic (exact) mass is 399 g/mol. The Morgan fingerprint density at radius 2 is 1.69 bits per heavy atom. The number of ether oxygens (including phenoxy) is 3. The number of methoxy groups -OCH3 is 2. The van der Waals surface area contributed by atoms with Crippen molar-refractivity contribution in [3.63, 3.8) is 0 Å². The number of hydrogen-bond acceptors (Lipinski definition) is 9. The molecule has 0 fully saturated rings. The minimum absolute atomic E-state index is 0.0541. The summed E-state index contributed by atoms with van der Waals surface area (Å²) >= 11 is 0. The van der Waals surface area contributed by atoms with Gasteiger partial charge in [-0.3, -0.25) is 10.1 Å². The molecule has 0 spiro atoms. The predicted molar refractivity (Wildman–Crippen MR) is 99.8 cm³/mol. The van der Waals surface area contributed by atoms with E-state index in [1.165, 1.54) is 38.5 Å². The second-order valence-corrected chi connectivity index (χ2v) is 5.83. The maximum absolute atomic E-state index is 12.6. The first-order valence-corrected chi connectivity index (χ1v) is 8.44. The van der Waals surface area contributed by atoms with Gasteiger partial charge in [0.2, 0.25) is 5.89 Å². The zero-order valence-corrected chi connectivity index (χ0v) is 15.8. The molecule has 0 radical (unpaired) electrons. The van der Waals surface area contributed by atoms with Crippen molar-refractivity contribution in [3.05, 3.63) is 64.0 Å². The summed E-state index contributed by atoms with van der Waals surface area (Å²) in [5.41, 5.74) is 0.584. The minimum atomic E-state index is -0.851. The topological polar surface area (TPSA) is 127 Å². The first kappa shape index (κ1) is 19.8. The van der Waals surface area contributed by atoms with Crippen LogP contribution in [0.3, 0.4) is 0 Å². The normalized spacial score (nSPS) is 11.6. The lowest BCUT2D eigenvalue weighted by molar-refractivity contribution is -0.384. The third-order valence-electron chi connectivity index (χ3n) is 4.03. The average molecular weight is 399 g/mol. The first-order valence-electron chi connectivity index (χ1n) is 8.44. The lowest BCUT2D eigenvalue weighted by atomic mass is 10.1. The van der Waals surface area contributed by atoms with Crippen LogP contribution < -0.4 is 9.47 Å². The van der Waals surface area contributed by atoms with Gasteiger partial charge in [-0.25, -0.2) is 4.79 Å². The summed E-state index contributed by atoms with van der Waals surface area (Å²) in [6.07, 6.45) is -0.851. The number of carbonyl (C=O) groups is 1. The SMILES string of the molecule is COc1cccc(OC)c1C(=O)OC(C)c1nnc(-c2ccc([N+](=O)[O-])cc2)o1. The number of benzene rings is 2. The van der Waals surface area contributed by atoms with Crippen LogP contribution in [0.2, 0.25) is 0 Å². The molecule has 0 aliphatic heterocycles. The van der Waals surface area contributed by atoms with Gasteiger partial charge in [0.05, 0.1) is 19.1 Å². The number of nitro benzene ring substituents is 1. The summed E-state index contributed by atoms with van der Waals surface area (Å²) in [5, 5.41) is 18.5. The molecule has 0 N–H and O–H groups in total. The number of carbonyl (C=O) groups excluding carboxylic acids is 1. The highest BCUT2D eigenvalue weighted by Crippen LogP contribution is 2.31. The van der Waals surface area contributed by atoms with Crippen LogP contribution in [-0.4, -0.2) is 35.3 Å². The summed E-state index contributed by atoms with van der Waals surface area (Å²) < 4.78 is 21.4. The van der Waals surface area contributed by atoms with Gasteiger partial charge < -0.3 is 18.6 Å². The van der Waals surface area contributed by atoms with Gasteiger partial charge in [0, 0.05) is 17.7 Å². The number of aromatic nitrogens is 2. The van der Waals surface area contributed by atoms with E-state index in [0.717, 1.165) is 0 Å². The molecule has 3 aromatic rings. The zero-order valence-electron chi connectivity index (χ0n) is 15.8. The Morgan fingerprint density at radius 1 is 1.07 bits per heavy atom. The van der Waals surface area contributed by atoms with E-state index in [1.807, 2.05) is 0 Å². The predicted octanol–water partition coefficient (Wildman–Crippen LogP) is 3.58. The summed E-state index contributed by atoms with van der Waals surface area (Å²) in [6, 6.07) is 10.6. The molecule has 29 heavy (non-hydrogen) atoms. The Bertz CT molecular complexity index is 1010. The number of hydrogen-bond donors (Lipinski definition) is 0. The molecule has 1 unspecified atom stereocenters. The number of nitrogens with zero attached hydrogens (tertiary/aromatic N) is 3. The van der Waals surface area contributed by atoms with Crippen LogP contribution >= 0.6 is 0 Å². The van der Waals surface area contributed by atoms with E-state index < -0.39 is 17.0 Å². The second-order valence-electron chi connectivity index (χ2n) is 5.83.